The van der Waals surface area contributed by atoms with Gasteiger partial charge in [-0.15, -0.1) is 0 Å². The van der Waals surface area contributed by atoms with E-state index in [2.05, 4.69) is 5.32 Å². The lowest BCUT2D eigenvalue weighted by Crippen LogP contribution is -2.24. The van der Waals surface area contributed by atoms with E-state index in [4.69, 9.17) is 4.74 Å². The molecule has 1 N–H and O–H groups in total. The number of carbonyl (C=O) groups is 1. The molecule has 1 atom stereocenters. The maximum Gasteiger partial charge on any atom is 0.139 e. The summed E-state index contributed by atoms with van der Waals surface area (Å²) in [5, 5.41) is 2.82. The molecule has 0 spiro atoms. The van der Waals surface area contributed by atoms with Gasteiger partial charge >= 0.3 is 0 Å². The van der Waals surface area contributed by atoms with Gasteiger partial charge in [-0.1, -0.05) is 0 Å². The number of rotatable bonds is 1. The first kappa shape index (κ1) is 4.74. The SMILES string of the molecule is O=CC1COCN1. The van der Waals surface area contributed by atoms with E-state index in [9.17, 15) is 4.79 Å². The summed E-state index contributed by atoms with van der Waals surface area (Å²) < 4.78 is 4.81. The van der Waals surface area contributed by atoms with Gasteiger partial charge in [-0.3, -0.25) is 5.32 Å². The first-order valence-electron chi connectivity index (χ1n) is 2.20. The fraction of sp³-hybridized carbons (Fsp3) is 0.750. The Balaban J connectivity index is 2.26. The Morgan fingerprint density at radius 2 is 2.71 bits per heavy atom. The van der Waals surface area contributed by atoms with Crippen LogP contribution in [0.3, 0.4) is 0 Å². The molecule has 0 radical (unpaired) electrons. The summed E-state index contributed by atoms with van der Waals surface area (Å²) in [5.74, 6) is 0. The van der Waals surface area contributed by atoms with Gasteiger partial charge in [0.2, 0.25) is 0 Å². The molecule has 0 aromatic heterocycles. The quantitative estimate of drug-likeness (QED) is 0.436. The summed E-state index contributed by atoms with van der Waals surface area (Å²) >= 11 is 0. The van der Waals surface area contributed by atoms with Crippen molar-refractivity contribution in [3.63, 3.8) is 0 Å². The van der Waals surface area contributed by atoms with Crippen molar-refractivity contribution in [3.05, 3.63) is 0 Å². The number of ether oxygens (including phenoxy) is 1. The number of nitrogens with one attached hydrogen (secondary N) is 1. The standard InChI is InChI=1S/C4H7NO2/c6-1-4-2-7-3-5-4/h1,4-5H,2-3H2. The summed E-state index contributed by atoms with van der Waals surface area (Å²) in [7, 11) is 0. The van der Waals surface area contributed by atoms with E-state index in [1.165, 1.54) is 0 Å². The van der Waals surface area contributed by atoms with Crippen molar-refractivity contribution in [1.29, 1.82) is 0 Å². The zero-order chi connectivity index (χ0) is 5.11. The topological polar surface area (TPSA) is 38.3 Å². The van der Waals surface area contributed by atoms with Gasteiger partial charge < -0.3 is 9.53 Å². The minimum Gasteiger partial charge on any atom is -0.364 e. The van der Waals surface area contributed by atoms with Crippen LogP contribution in [0, 0.1) is 0 Å². The predicted octanol–water partition coefficient (Wildman–Crippen LogP) is -0.869. The molecular formula is C4H7NO2. The van der Waals surface area contributed by atoms with Gasteiger partial charge in [0.05, 0.1) is 19.4 Å². The molecule has 0 saturated carbocycles. The summed E-state index contributed by atoms with van der Waals surface area (Å²) in [5.41, 5.74) is 0. The van der Waals surface area contributed by atoms with Crippen molar-refractivity contribution >= 4 is 6.29 Å². The molecule has 40 valence electrons. The van der Waals surface area contributed by atoms with Crippen LogP contribution in [0.5, 0.6) is 0 Å². The highest BCUT2D eigenvalue weighted by Crippen LogP contribution is 1.87. The largest absolute Gasteiger partial charge is 0.364 e. The maximum absolute atomic E-state index is 9.86. The molecule has 0 aromatic carbocycles. The van der Waals surface area contributed by atoms with Crippen LogP contribution in [0.4, 0.5) is 0 Å². The van der Waals surface area contributed by atoms with E-state index < -0.39 is 0 Å². The van der Waals surface area contributed by atoms with Crippen LogP contribution in [0.25, 0.3) is 0 Å². The molecular weight excluding hydrogens is 94.0 g/mol. The number of hydrogen-bond acceptors (Lipinski definition) is 3. The van der Waals surface area contributed by atoms with E-state index in [0.717, 1.165) is 6.29 Å². The summed E-state index contributed by atoms with van der Waals surface area (Å²) in [4.78, 5) is 9.86. The van der Waals surface area contributed by atoms with E-state index in [1.54, 1.807) is 0 Å². The molecule has 7 heavy (non-hydrogen) atoms. The van der Waals surface area contributed by atoms with Gasteiger partial charge in [0.1, 0.15) is 6.29 Å². The average Bonchev–Trinajstić information content (AvgIpc) is 2.14. The van der Waals surface area contributed by atoms with Crippen LogP contribution < -0.4 is 5.32 Å². The van der Waals surface area contributed by atoms with Crippen LogP contribution in [0.1, 0.15) is 0 Å². The lowest BCUT2D eigenvalue weighted by atomic mass is 10.4. The predicted molar refractivity (Wildman–Crippen MR) is 23.8 cm³/mol. The number of aldehydes is 1. The van der Waals surface area contributed by atoms with E-state index in [1.807, 2.05) is 0 Å². The Morgan fingerprint density at radius 3 is 3.00 bits per heavy atom. The highest BCUT2D eigenvalue weighted by molar-refractivity contribution is 5.57. The third-order valence-corrected chi connectivity index (χ3v) is 0.909. The van der Waals surface area contributed by atoms with Gasteiger partial charge in [-0.25, -0.2) is 0 Å². The fourth-order valence-electron chi connectivity index (χ4n) is 0.498. The molecule has 0 amide bonds. The molecule has 1 aliphatic rings. The van der Waals surface area contributed by atoms with Gasteiger partial charge in [0.25, 0.3) is 0 Å². The molecule has 1 aliphatic heterocycles. The highest BCUT2D eigenvalue weighted by Gasteiger charge is 2.11. The van der Waals surface area contributed by atoms with E-state index >= 15 is 0 Å². The third-order valence-electron chi connectivity index (χ3n) is 0.909. The van der Waals surface area contributed by atoms with Gasteiger partial charge in [-0.05, 0) is 0 Å². The van der Waals surface area contributed by atoms with E-state index in [0.29, 0.717) is 13.3 Å². The summed E-state index contributed by atoms with van der Waals surface area (Å²) in [6.45, 7) is 1.05. The Hall–Kier alpha value is -0.410. The van der Waals surface area contributed by atoms with Crippen molar-refractivity contribution in [2.45, 2.75) is 6.04 Å². The zero-order valence-corrected chi connectivity index (χ0v) is 3.89. The minimum absolute atomic E-state index is 0.0556. The van der Waals surface area contributed by atoms with Crippen LogP contribution in [-0.2, 0) is 9.53 Å². The van der Waals surface area contributed by atoms with Crippen LogP contribution >= 0.6 is 0 Å². The molecule has 1 heterocycles. The molecule has 0 bridgehead atoms. The molecule has 1 fully saturated rings. The van der Waals surface area contributed by atoms with Crippen molar-refractivity contribution in [2.24, 2.45) is 0 Å². The Bertz CT molecular complexity index is 68.1. The van der Waals surface area contributed by atoms with Crippen molar-refractivity contribution in [2.75, 3.05) is 13.3 Å². The monoisotopic (exact) mass is 101 g/mol. The third kappa shape index (κ3) is 0.976. The molecule has 1 rings (SSSR count). The number of hydrogen-bond donors (Lipinski definition) is 1. The number of carbonyl (C=O) groups excluding carboxylic acids is 1. The highest BCUT2D eigenvalue weighted by atomic mass is 16.5. The zero-order valence-electron chi connectivity index (χ0n) is 3.89. The molecule has 0 aliphatic carbocycles. The second-order valence-corrected chi connectivity index (χ2v) is 1.46. The molecule has 3 heteroatoms. The van der Waals surface area contributed by atoms with Crippen molar-refractivity contribution < 1.29 is 9.53 Å². The molecule has 1 unspecified atom stereocenters. The Kier molecular flexibility index (Phi) is 1.38. The van der Waals surface area contributed by atoms with Crippen molar-refractivity contribution in [3.8, 4) is 0 Å². The van der Waals surface area contributed by atoms with Crippen molar-refractivity contribution in [1.82, 2.24) is 5.32 Å². The van der Waals surface area contributed by atoms with Crippen LogP contribution in [-0.4, -0.2) is 25.7 Å². The summed E-state index contributed by atoms with van der Waals surface area (Å²) in [6.07, 6.45) is 0.854. The molecule has 0 aromatic rings. The first-order valence-corrected chi connectivity index (χ1v) is 2.20. The van der Waals surface area contributed by atoms with E-state index in [-0.39, 0.29) is 6.04 Å². The lowest BCUT2D eigenvalue weighted by Gasteiger charge is -1.90. The first-order chi connectivity index (χ1) is 3.43. The lowest BCUT2D eigenvalue weighted by molar-refractivity contribution is -0.109. The second-order valence-electron chi connectivity index (χ2n) is 1.46. The normalized spacial score (nSPS) is 30.6. The summed E-state index contributed by atoms with van der Waals surface area (Å²) in [6, 6.07) is -0.0556. The van der Waals surface area contributed by atoms with Crippen LogP contribution in [0.2, 0.25) is 0 Å². The minimum atomic E-state index is -0.0556. The smallest absolute Gasteiger partial charge is 0.139 e. The maximum atomic E-state index is 9.86. The Morgan fingerprint density at radius 1 is 1.86 bits per heavy atom. The molecule has 3 nitrogen and oxygen atoms in total. The average molecular weight is 101 g/mol. The van der Waals surface area contributed by atoms with Crippen LogP contribution in [0.15, 0.2) is 0 Å². The second kappa shape index (κ2) is 2.04. The fourth-order valence-corrected chi connectivity index (χ4v) is 0.498. The Labute approximate surface area is 41.7 Å². The van der Waals surface area contributed by atoms with Gasteiger partial charge in [0, 0.05) is 0 Å². The molecule has 1 saturated heterocycles. The van der Waals surface area contributed by atoms with Gasteiger partial charge in [0.15, 0.2) is 0 Å². The van der Waals surface area contributed by atoms with Gasteiger partial charge in [-0.2, -0.15) is 0 Å².